The molecule has 1 atom stereocenters. The largest absolute Gasteiger partial charge is 0.349 e. The average Bonchev–Trinajstić information content (AvgIpc) is 3.19. The first-order valence-corrected chi connectivity index (χ1v) is 7.85. The van der Waals surface area contributed by atoms with E-state index < -0.39 is 17.6 Å². The highest BCUT2D eigenvalue weighted by Gasteiger charge is 2.54. The molecule has 3 rings (SSSR count). The van der Waals surface area contributed by atoms with Crippen molar-refractivity contribution in [3.63, 3.8) is 0 Å². The van der Waals surface area contributed by atoms with Crippen molar-refractivity contribution in [2.24, 2.45) is 7.05 Å². The molecule has 1 spiro atoms. The van der Waals surface area contributed by atoms with Crippen LogP contribution in [-0.4, -0.2) is 44.1 Å². The third-order valence-electron chi connectivity index (χ3n) is 4.63. The normalized spacial score (nSPS) is 20.9. The number of urea groups is 1. The van der Waals surface area contributed by atoms with E-state index in [1.54, 1.807) is 30.9 Å². The number of hydrogen-bond acceptors (Lipinski definition) is 4. The van der Waals surface area contributed by atoms with Crippen molar-refractivity contribution in [1.29, 1.82) is 0 Å². The zero-order chi connectivity index (χ0) is 16.6. The Bertz CT molecular complexity index is 647. The lowest BCUT2D eigenvalue weighted by atomic mass is 9.97. The van der Waals surface area contributed by atoms with Gasteiger partial charge in [0.1, 0.15) is 11.6 Å². The molecule has 1 aromatic rings. The molecule has 2 fully saturated rings. The van der Waals surface area contributed by atoms with Crippen LogP contribution in [0.3, 0.4) is 0 Å². The molecule has 2 heterocycles. The number of imide groups is 1. The summed E-state index contributed by atoms with van der Waals surface area (Å²) in [6.45, 7) is 1.83. The summed E-state index contributed by atoms with van der Waals surface area (Å²) in [6, 6.07) is 0.482. The van der Waals surface area contributed by atoms with Crippen LogP contribution in [0.2, 0.25) is 0 Å². The Morgan fingerprint density at radius 2 is 2.13 bits per heavy atom. The number of carbonyl (C=O) groups excluding carboxylic acids is 3. The second-order valence-electron chi connectivity index (χ2n) is 6.27. The van der Waals surface area contributed by atoms with Crippen LogP contribution in [0.4, 0.5) is 4.79 Å². The SMILES string of the molecule is C[C@H](C(=O)NCc1ccn(C)n1)N1C(=O)NC2(CCCC2)C1=O. The molecule has 124 valence electrons. The van der Waals surface area contributed by atoms with Crippen molar-refractivity contribution >= 4 is 17.8 Å². The topological polar surface area (TPSA) is 96.3 Å². The van der Waals surface area contributed by atoms with Gasteiger partial charge in [-0.25, -0.2) is 9.69 Å². The highest BCUT2D eigenvalue weighted by molar-refractivity contribution is 6.09. The molecule has 1 saturated carbocycles. The van der Waals surface area contributed by atoms with Gasteiger partial charge in [0.05, 0.1) is 12.2 Å². The smallest absolute Gasteiger partial charge is 0.325 e. The van der Waals surface area contributed by atoms with Gasteiger partial charge in [-0.05, 0) is 25.8 Å². The van der Waals surface area contributed by atoms with E-state index in [1.807, 2.05) is 0 Å². The summed E-state index contributed by atoms with van der Waals surface area (Å²) in [5.41, 5.74) is -0.0652. The van der Waals surface area contributed by atoms with E-state index in [1.165, 1.54) is 0 Å². The Balaban J connectivity index is 1.64. The molecule has 0 aromatic carbocycles. The molecule has 23 heavy (non-hydrogen) atoms. The lowest BCUT2D eigenvalue weighted by Crippen LogP contribution is -2.49. The molecular formula is C15H21N5O3. The van der Waals surface area contributed by atoms with E-state index in [0.717, 1.165) is 23.4 Å². The predicted octanol–water partition coefficient (Wildman–Crippen LogP) is 0.289. The van der Waals surface area contributed by atoms with Gasteiger partial charge in [0.15, 0.2) is 0 Å². The van der Waals surface area contributed by atoms with E-state index in [-0.39, 0.29) is 18.4 Å². The molecule has 2 aliphatic rings. The molecule has 1 saturated heterocycles. The minimum absolute atomic E-state index is 0.263. The fraction of sp³-hybridized carbons (Fsp3) is 0.600. The number of amides is 4. The maximum Gasteiger partial charge on any atom is 0.325 e. The molecule has 0 unspecified atom stereocenters. The highest BCUT2D eigenvalue weighted by atomic mass is 16.2. The van der Waals surface area contributed by atoms with Gasteiger partial charge in [0.2, 0.25) is 5.91 Å². The molecule has 2 N–H and O–H groups in total. The van der Waals surface area contributed by atoms with Gasteiger partial charge >= 0.3 is 6.03 Å². The number of nitrogens with one attached hydrogen (secondary N) is 2. The van der Waals surface area contributed by atoms with Crippen molar-refractivity contribution in [2.75, 3.05) is 0 Å². The molecule has 0 radical (unpaired) electrons. The third-order valence-corrected chi connectivity index (χ3v) is 4.63. The zero-order valence-corrected chi connectivity index (χ0v) is 13.3. The first-order valence-electron chi connectivity index (χ1n) is 7.85. The predicted molar refractivity (Wildman–Crippen MR) is 81.1 cm³/mol. The quantitative estimate of drug-likeness (QED) is 0.780. The van der Waals surface area contributed by atoms with Gasteiger partial charge in [-0.15, -0.1) is 0 Å². The van der Waals surface area contributed by atoms with Crippen molar-refractivity contribution in [3.8, 4) is 0 Å². The summed E-state index contributed by atoms with van der Waals surface area (Å²) in [4.78, 5) is 38.1. The molecule has 1 aliphatic carbocycles. The minimum atomic E-state index is -0.841. The Morgan fingerprint density at radius 1 is 1.43 bits per heavy atom. The van der Waals surface area contributed by atoms with E-state index in [2.05, 4.69) is 15.7 Å². The Hall–Kier alpha value is -2.38. The average molecular weight is 319 g/mol. The van der Waals surface area contributed by atoms with Crippen molar-refractivity contribution in [1.82, 2.24) is 25.3 Å². The molecule has 4 amide bonds. The summed E-state index contributed by atoms with van der Waals surface area (Å²) in [6.07, 6.45) is 4.92. The number of aryl methyl sites for hydroxylation is 1. The second-order valence-corrected chi connectivity index (χ2v) is 6.27. The lowest BCUT2D eigenvalue weighted by molar-refractivity contribution is -0.137. The van der Waals surface area contributed by atoms with Gasteiger partial charge in [-0.1, -0.05) is 12.8 Å². The highest BCUT2D eigenvalue weighted by Crippen LogP contribution is 2.35. The maximum atomic E-state index is 12.6. The van der Waals surface area contributed by atoms with Crippen LogP contribution in [0.15, 0.2) is 12.3 Å². The number of aromatic nitrogens is 2. The van der Waals surface area contributed by atoms with Crippen LogP contribution in [-0.2, 0) is 23.2 Å². The number of hydrogen-bond donors (Lipinski definition) is 2. The second kappa shape index (κ2) is 5.68. The first kappa shape index (κ1) is 15.5. The first-order chi connectivity index (χ1) is 10.9. The van der Waals surface area contributed by atoms with Gasteiger partial charge in [0, 0.05) is 13.2 Å². The van der Waals surface area contributed by atoms with E-state index >= 15 is 0 Å². The summed E-state index contributed by atoms with van der Waals surface area (Å²) in [5.74, 6) is -0.644. The van der Waals surface area contributed by atoms with Crippen LogP contribution < -0.4 is 10.6 Å². The van der Waals surface area contributed by atoms with Crippen LogP contribution in [0.1, 0.15) is 38.3 Å². The fourth-order valence-corrected chi connectivity index (χ4v) is 3.31. The Morgan fingerprint density at radius 3 is 2.74 bits per heavy atom. The van der Waals surface area contributed by atoms with Gasteiger partial charge in [0.25, 0.3) is 5.91 Å². The molecule has 8 heteroatoms. The van der Waals surface area contributed by atoms with Crippen molar-refractivity contribution < 1.29 is 14.4 Å². The Labute approximate surface area is 134 Å². The standard InChI is InChI=1S/C15H21N5O3/c1-10(12(21)16-9-11-5-8-19(2)18-11)20-13(22)15(17-14(20)23)6-3-4-7-15/h5,8,10H,3-4,6-7,9H2,1-2H3,(H,16,21)(H,17,23)/t10-/m1/s1. The number of nitrogens with zero attached hydrogens (tertiary/aromatic N) is 3. The molecular weight excluding hydrogens is 298 g/mol. The molecule has 8 nitrogen and oxygen atoms in total. The van der Waals surface area contributed by atoms with E-state index in [0.29, 0.717) is 12.8 Å². The van der Waals surface area contributed by atoms with E-state index in [4.69, 9.17) is 0 Å². The zero-order valence-electron chi connectivity index (χ0n) is 13.3. The molecule has 1 aromatic heterocycles. The monoisotopic (exact) mass is 319 g/mol. The minimum Gasteiger partial charge on any atom is -0.349 e. The summed E-state index contributed by atoms with van der Waals surface area (Å²) < 4.78 is 1.65. The van der Waals surface area contributed by atoms with Crippen molar-refractivity contribution in [2.45, 2.75) is 50.7 Å². The summed E-state index contributed by atoms with van der Waals surface area (Å²) in [5, 5.41) is 9.67. The van der Waals surface area contributed by atoms with Gasteiger partial charge < -0.3 is 10.6 Å². The molecule has 1 aliphatic heterocycles. The van der Waals surface area contributed by atoms with Gasteiger partial charge in [-0.2, -0.15) is 5.10 Å². The summed E-state index contributed by atoms with van der Waals surface area (Å²) >= 11 is 0. The number of rotatable bonds is 4. The Kier molecular flexibility index (Phi) is 3.83. The van der Waals surface area contributed by atoms with Crippen LogP contribution >= 0.6 is 0 Å². The van der Waals surface area contributed by atoms with Crippen LogP contribution in [0, 0.1) is 0 Å². The fourth-order valence-electron chi connectivity index (χ4n) is 3.31. The summed E-state index contributed by atoms with van der Waals surface area (Å²) in [7, 11) is 1.79. The van der Waals surface area contributed by atoms with Gasteiger partial charge in [-0.3, -0.25) is 14.3 Å². The van der Waals surface area contributed by atoms with E-state index in [9.17, 15) is 14.4 Å². The maximum absolute atomic E-state index is 12.6. The van der Waals surface area contributed by atoms with Crippen LogP contribution in [0.5, 0.6) is 0 Å². The lowest BCUT2D eigenvalue weighted by Gasteiger charge is -2.23. The van der Waals surface area contributed by atoms with Crippen LogP contribution in [0.25, 0.3) is 0 Å². The third kappa shape index (κ3) is 2.69. The molecule has 0 bridgehead atoms. The van der Waals surface area contributed by atoms with Crippen molar-refractivity contribution in [3.05, 3.63) is 18.0 Å². The number of carbonyl (C=O) groups is 3.